The lowest BCUT2D eigenvalue weighted by Gasteiger charge is -2.25. The first-order valence-corrected chi connectivity index (χ1v) is 7.45. The first kappa shape index (κ1) is 13.7. The SMILES string of the molecule is Cc1noc(C)c1[C@@H]1CCCN1Cc1ccccc1Cl. The Morgan fingerprint density at radius 1 is 1.35 bits per heavy atom. The molecule has 0 amide bonds. The van der Waals surface area contributed by atoms with Crippen LogP contribution in [0.1, 0.15) is 41.5 Å². The van der Waals surface area contributed by atoms with Gasteiger partial charge in [-0.2, -0.15) is 0 Å². The molecule has 20 heavy (non-hydrogen) atoms. The van der Waals surface area contributed by atoms with Gasteiger partial charge in [-0.3, -0.25) is 4.90 Å². The Bertz CT molecular complexity index is 589. The number of aromatic nitrogens is 1. The molecular weight excluding hydrogens is 272 g/mol. The van der Waals surface area contributed by atoms with Crippen LogP contribution in [0, 0.1) is 13.8 Å². The van der Waals surface area contributed by atoms with Crippen molar-refractivity contribution in [2.24, 2.45) is 0 Å². The average molecular weight is 291 g/mol. The van der Waals surface area contributed by atoms with Gasteiger partial charge in [0.1, 0.15) is 5.76 Å². The first-order valence-electron chi connectivity index (χ1n) is 7.07. The lowest BCUT2D eigenvalue weighted by atomic mass is 10.0. The van der Waals surface area contributed by atoms with Gasteiger partial charge in [-0.05, 0) is 44.9 Å². The fraction of sp³-hybridized carbons (Fsp3) is 0.438. The average Bonchev–Trinajstić information content (AvgIpc) is 2.99. The molecule has 0 aliphatic carbocycles. The quantitative estimate of drug-likeness (QED) is 0.845. The molecule has 1 aromatic heterocycles. The van der Waals surface area contributed by atoms with Crippen molar-refractivity contribution in [3.05, 3.63) is 51.9 Å². The van der Waals surface area contributed by atoms with Crippen molar-refractivity contribution in [1.82, 2.24) is 10.1 Å². The fourth-order valence-corrected chi connectivity index (χ4v) is 3.35. The summed E-state index contributed by atoms with van der Waals surface area (Å²) in [7, 11) is 0. The van der Waals surface area contributed by atoms with Crippen LogP contribution in [0.25, 0.3) is 0 Å². The van der Waals surface area contributed by atoms with Gasteiger partial charge in [0.05, 0.1) is 5.69 Å². The Morgan fingerprint density at radius 3 is 2.85 bits per heavy atom. The molecule has 1 atom stereocenters. The molecule has 0 unspecified atom stereocenters. The summed E-state index contributed by atoms with van der Waals surface area (Å²) in [5.74, 6) is 0.943. The molecule has 1 fully saturated rings. The monoisotopic (exact) mass is 290 g/mol. The van der Waals surface area contributed by atoms with E-state index >= 15 is 0 Å². The highest BCUT2D eigenvalue weighted by Crippen LogP contribution is 2.37. The molecule has 0 saturated carbocycles. The zero-order valence-electron chi connectivity index (χ0n) is 11.9. The van der Waals surface area contributed by atoms with Crippen LogP contribution >= 0.6 is 11.6 Å². The van der Waals surface area contributed by atoms with Crippen LogP contribution in [-0.4, -0.2) is 16.6 Å². The van der Waals surface area contributed by atoms with E-state index in [1.54, 1.807) is 0 Å². The van der Waals surface area contributed by atoms with E-state index < -0.39 is 0 Å². The summed E-state index contributed by atoms with van der Waals surface area (Å²) in [5.41, 5.74) is 3.46. The minimum atomic E-state index is 0.400. The molecule has 1 saturated heterocycles. The van der Waals surface area contributed by atoms with Crippen LogP contribution < -0.4 is 0 Å². The highest BCUT2D eigenvalue weighted by Gasteiger charge is 2.30. The molecule has 3 rings (SSSR count). The zero-order chi connectivity index (χ0) is 14.1. The molecule has 2 heterocycles. The number of aryl methyl sites for hydroxylation is 2. The molecule has 0 spiro atoms. The van der Waals surface area contributed by atoms with Gasteiger partial charge in [-0.15, -0.1) is 0 Å². The van der Waals surface area contributed by atoms with Crippen LogP contribution in [0.5, 0.6) is 0 Å². The molecule has 1 aliphatic rings. The summed E-state index contributed by atoms with van der Waals surface area (Å²) in [6.07, 6.45) is 2.37. The van der Waals surface area contributed by atoms with Gasteiger partial charge in [-0.1, -0.05) is 35.0 Å². The normalized spacial score (nSPS) is 19.6. The lowest BCUT2D eigenvalue weighted by Crippen LogP contribution is -2.23. The van der Waals surface area contributed by atoms with E-state index in [2.05, 4.69) is 16.1 Å². The molecule has 106 valence electrons. The summed E-state index contributed by atoms with van der Waals surface area (Å²) >= 11 is 6.28. The van der Waals surface area contributed by atoms with Gasteiger partial charge < -0.3 is 4.52 Å². The van der Waals surface area contributed by atoms with Crippen LogP contribution in [0.3, 0.4) is 0 Å². The molecule has 1 aromatic carbocycles. The lowest BCUT2D eigenvalue weighted by molar-refractivity contribution is 0.245. The van der Waals surface area contributed by atoms with Gasteiger partial charge in [0.15, 0.2) is 0 Å². The van der Waals surface area contributed by atoms with Crippen LogP contribution in [0.15, 0.2) is 28.8 Å². The third kappa shape index (κ3) is 2.48. The van der Waals surface area contributed by atoms with E-state index in [-0.39, 0.29) is 0 Å². The smallest absolute Gasteiger partial charge is 0.138 e. The van der Waals surface area contributed by atoms with E-state index in [9.17, 15) is 0 Å². The Morgan fingerprint density at radius 2 is 2.15 bits per heavy atom. The molecule has 2 aromatic rings. The minimum absolute atomic E-state index is 0.400. The van der Waals surface area contributed by atoms with Crippen LogP contribution in [-0.2, 0) is 6.54 Å². The Labute approximate surface area is 124 Å². The van der Waals surface area contributed by atoms with E-state index in [1.165, 1.54) is 17.5 Å². The van der Waals surface area contributed by atoms with Crippen molar-refractivity contribution >= 4 is 11.6 Å². The summed E-state index contributed by atoms with van der Waals surface area (Å²) in [5, 5.41) is 4.94. The van der Waals surface area contributed by atoms with Crippen molar-refractivity contribution in [2.45, 2.75) is 39.3 Å². The molecule has 1 aliphatic heterocycles. The number of hydrogen-bond acceptors (Lipinski definition) is 3. The molecule has 0 radical (unpaired) electrons. The third-order valence-corrected chi connectivity index (χ3v) is 4.49. The Kier molecular flexibility index (Phi) is 3.81. The largest absolute Gasteiger partial charge is 0.361 e. The number of rotatable bonds is 3. The number of nitrogens with zero attached hydrogens (tertiary/aromatic N) is 2. The molecule has 4 heteroatoms. The summed E-state index contributed by atoms with van der Waals surface area (Å²) in [4.78, 5) is 2.48. The predicted molar refractivity (Wildman–Crippen MR) is 79.8 cm³/mol. The number of hydrogen-bond donors (Lipinski definition) is 0. The van der Waals surface area contributed by atoms with Crippen molar-refractivity contribution in [3.63, 3.8) is 0 Å². The number of benzene rings is 1. The molecule has 3 nitrogen and oxygen atoms in total. The Hall–Kier alpha value is -1.32. The summed E-state index contributed by atoms with van der Waals surface area (Å²) in [6, 6.07) is 8.48. The van der Waals surface area contributed by atoms with E-state index in [0.29, 0.717) is 6.04 Å². The van der Waals surface area contributed by atoms with E-state index in [0.717, 1.165) is 36.0 Å². The van der Waals surface area contributed by atoms with Gasteiger partial charge in [-0.25, -0.2) is 0 Å². The molecule has 0 bridgehead atoms. The minimum Gasteiger partial charge on any atom is -0.361 e. The molecule has 0 N–H and O–H groups in total. The maximum Gasteiger partial charge on any atom is 0.138 e. The van der Waals surface area contributed by atoms with Gasteiger partial charge in [0.25, 0.3) is 0 Å². The second kappa shape index (κ2) is 5.58. The zero-order valence-corrected chi connectivity index (χ0v) is 12.7. The van der Waals surface area contributed by atoms with Crippen molar-refractivity contribution in [2.75, 3.05) is 6.54 Å². The van der Waals surface area contributed by atoms with E-state index in [1.807, 2.05) is 32.0 Å². The Balaban J connectivity index is 1.85. The van der Waals surface area contributed by atoms with E-state index in [4.69, 9.17) is 16.1 Å². The highest BCUT2D eigenvalue weighted by molar-refractivity contribution is 6.31. The maximum atomic E-state index is 6.28. The topological polar surface area (TPSA) is 29.3 Å². The second-order valence-electron chi connectivity index (χ2n) is 5.46. The first-order chi connectivity index (χ1) is 9.66. The summed E-state index contributed by atoms with van der Waals surface area (Å²) < 4.78 is 5.33. The highest BCUT2D eigenvalue weighted by atomic mass is 35.5. The fourth-order valence-electron chi connectivity index (χ4n) is 3.15. The van der Waals surface area contributed by atoms with Crippen molar-refractivity contribution in [1.29, 1.82) is 0 Å². The van der Waals surface area contributed by atoms with Gasteiger partial charge in [0, 0.05) is 23.2 Å². The van der Waals surface area contributed by atoms with Gasteiger partial charge >= 0.3 is 0 Å². The van der Waals surface area contributed by atoms with Gasteiger partial charge in [0.2, 0.25) is 0 Å². The second-order valence-corrected chi connectivity index (χ2v) is 5.86. The van der Waals surface area contributed by atoms with Crippen molar-refractivity contribution in [3.8, 4) is 0 Å². The third-order valence-electron chi connectivity index (χ3n) is 4.12. The summed E-state index contributed by atoms with van der Waals surface area (Å²) in [6.45, 7) is 6.01. The number of likely N-dealkylation sites (tertiary alicyclic amines) is 1. The van der Waals surface area contributed by atoms with Crippen LogP contribution in [0.2, 0.25) is 5.02 Å². The predicted octanol–water partition coefficient (Wildman–Crippen LogP) is 4.28. The number of halogens is 1. The standard InChI is InChI=1S/C16H19ClN2O/c1-11-16(12(2)20-18-11)15-8-5-9-19(15)10-13-6-3-4-7-14(13)17/h3-4,6-7,15H,5,8-10H2,1-2H3/t15-/m0/s1. The van der Waals surface area contributed by atoms with Crippen molar-refractivity contribution < 1.29 is 4.52 Å². The van der Waals surface area contributed by atoms with Crippen LogP contribution in [0.4, 0.5) is 0 Å². The molecular formula is C16H19ClN2O. The maximum absolute atomic E-state index is 6.28.